The van der Waals surface area contributed by atoms with Crippen LogP contribution < -0.4 is 19.8 Å². The molecule has 1 fully saturated rings. The minimum Gasteiger partial charge on any atom is -0.616 e. The van der Waals surface area contributed by atoms with Crippen molar-refractivity contribution in [3.8, 4) is 39.1 Å². The topological polar surface area (TPSA) is 46.5 Å². The van der Waals surface area contributed by atoms with E-state index in [2.05, 4.69) is 274 Å². The average Bonchev–Trinajstić information content (AvgIpc) is 2.49. The number of nitrogens with zero attached hydrogens (tertiary/aromatic N) is 4. The van der Waals surface area contributed by atoms with Crippen molar-refractivity contribution in [2.45, 2.75) is 31.3 Å². The van der Waals surface area contributed by atoms with Crippen molar-refractivity contribution < 1.29 is 0 Å². The summed E-state index contributed by atoms with van der Waals surface area (Å²) in [7, 11) is 0. The molecule has 3 unspecified atom stereocenters. The number of rotatable bonds is 12. The highest BCUT2D eigenvalue weighted by atomic mass is 16.5. The lowest BCUT2D eigenvalue weighted by molar-refractivity contribution is 0.330. The zero-order valence-corrected chi connectivity index (χ0v) is 45.8. The maximum absolute atomic E-state index is 15.6. The first-order valence-electron chi connectivity index (χ1n) is 28.9. The third-order valence-corrected chi connectivity index (χ3v) is 17.1. The first-order chi connectivity index (χ1) is 41.0. The standard InChI is InChI=1S/C77H59N5O/c83-82(76-31-16-14-27-69(76)71-53-66(47-51-77(71)82)80(62-22-9-3-10-23-62)63-24-11-4-12-25-63)67-48-42-57(43-49-67)55-34-38-59(39-35-55)73-29-17-28-72(78-73)58-36-32-54(33-37-58)56-40-44-64(45-41-56)81-74-30-15-13-26-68(74)70-52-65(46-50-75(70)81)79(60-18-5-1-6-19-60)61-20-7-2-8-21-61/h1-16,18-27,30-53,72-73,78H,17,28-29H2. The van der Waals surface area contributed by atoms with Crippen molar-refractivity contribution in [2.75, 3.05) is 9.80 Å². The van der Waals surface area contributed by atoms with E-state index in [9.17, 15) is 0 Å². The highest BCUT2D eigenvalue weighted by Crippen LogP contribution is 2.58. The Bertz CT molecular complexity index is 4360. The Balaban J connectivity index is 0.637. The fraction of sp³-hybridized carbons (Fsp3) is 0.0649. The predicted octanol–water partition coefficient (Wildman–Crippen LogP) is 21.1. The molecule has 1 N–H and O–H groups in total. The molecule has 0 aliphatic carbocycles. The summed E-state index contributed by atoms with van der Waals surface area (Å²) in [5, 5.41) is 22.0. The van der Waals surface area contributed by atoms with Gasteiger partial charge >= 0.3 is 0 Å². The molecule has 12 aromatic carbocycles. The largest absolute Gasteiger partial charge is 0.616 e. The van der Waals surface area contributed by atoms with Gasteiger partial charge in [-0.1, -0.05) is 164 Å². The average molecular weight is 1070 g/mol. The summed E-state index contributed by atoms with van der Waals surface area (Å²) in [4.78, 5) is 4.58. The molecule has 3 heterocycles. The van der Waals surface area contributed by atoms with Gasteiger partial charge in [-0.15, -0.1) is 0 Å². The molecule has 1 aromatic heterocycles. The number of anilines is 6. The second-order valence-electron chi connectivity index (χ2n) is 21.9. The van der Waals surface area contributed by atoms with Gasteiger partial charge in [0.15, 0.2) is 11.4 Å². The van der Waals surface area contributed by atoms with Gasteiger partial charge in [0.05, 0.1) is 16.6 Å². The molecule has 6 heteroatoms. The fourth-order valence-electron chi connectivity index (χ4n) is 13.1. The number of benzene rings is 12. The summed E-state index contributed by atoms with van der Waals surface area (Å²) in [6.45, 7) is 0. The minimum atomic E-state index is -0.649. The van der Waals surface area contributed by atoms with E-state index in [-0.39, 0.29) is 12.1 Å². The minimum absolute atomic E-state index is 0.254. The zero-order valence-electron chi connectivity index (χ0n) is 45.8. The number of fused-ring (bicyclic) bond motifs is 6. The monoisotopic (exact) mass is 1070 g/mol. The Kier molecular flexibility index (Phi) is 12.7. The normalized spacial score (nSPS) is 16.3. The van der Waals surface area contributed by atoms with Crippen molar-refractivity contribution in [1.29, 1.82) is 0 Å². The SMILES string of the molecule is [O-][N+]1(c2ccc(-c3ccc(C4CCCC(c5ccc(-c6ccc(-n7c8ccccc8c8cc(N(c9ccccc9)c9ccccc9)ccc87)cc6)cc5)N4)cc3)cc2)c2ccccc2-c2cc(N(c3ccccc3)c3ccccc3)ccc21. The van der Waals surface area contributed by atoms with E-state index in [1.54, 1.807) is 0 Å². The lowest BCUT2D eigenvalue weighted by Gasteiger charge is -2.38. The molecule has 0 radical (unpaired) electrons. The zero-order chi connectivity index (χ0) is 55.3. The summed E-state index contributed by atoms with van der Waals surface area (Å²) >= 11 is 0. The lowest BCUT2D eigenvalue weighted by atomic mass is 9.89. The molecule has 3 atom stereocenters. The van der Waals surface area contributed by atoms with Crippen LogP contribution in [0.4, 0.5) is 51.2 Å². The van der Waals surface area contributed by atoms with E-state index in [0.29, 0.717) is 5.69 Å². The maximum atomic E-state index is 15.6. The molecule has 398 valence electrons. The number of nitrogens with one attached hydrogen (secondary N) is 1. The number of piperidine rings is 1. The molecule has 13 aromatic rings. The van der Waals surface area contributed by atoms with Gasteiger partial charge in [0, 0.05) is 92.5 Å². The third kappa shape index (κ3) is 8.98. The van der Waals surface area contributed by atoms with Gasteiger partial charge < -0.3 is 24.9 Å². The van der Waals surface area contributed by atoms with E-state index in [4.69, 9.17) is 0 Å². The van der Waals surface area contributed by atoms with Crippen LogP contribution in [0.2, 0.25) is 0 Å². The van der Waals surface area contributed by atoms with Crippen molar-refractivity contribution in [1.82, 2.24) is 14.5 Å². The number of hydrogen-bond acceptors (Lipinski definition) is 4. The highest BCUT2D eigenvalue weighted by Gasteiger charge is 2.40. The van der Waals surface area contributed by atoms with Gasteiger partial charge in [0.1, 0.15) is 5.69 Å². The second kappa shape index (κ2) is 21.1. The van der Waals surface area contributed by atoms with Crippen molar-refractivity contribution in [2.24, 2.45) is 0 Å². The summed E-state index contributed by atoms with van der Waals surface area (Å²) in [6.07, 6.45) is 3.34. The van der Waals surface area contributed by atoms with E-state index in [1.165, 1.54) is 44.1 Å². The van der Waals surface area contributed by atoms with E-state index < -0.39 is 4.65 Å². The molecule has 0 bridgehead atoms. The highest BCUT2D eigenvalue weighted by molar-refractivity contribution is 6.11. The van der Waals surface area contributed by atoms with Gasteiger partial charge in [-0.3, -0.25) is 4.65 Å². The number of aromatic nitrogens is 1. The lowest BCUT2D eigenvalue weighted by Crippen LogP contribution is -2.30. The summed E-state index contributed by atoms with van der Waals surface area (Å²) in [6, 6.07) is 108. The van der Waals surface area contributed by atoms with E-state index >= 15 is 5.21 Å². The van der Waals surface area contributed by atoms with Crippen LogP contribution in [-0.2, 0) is 0 Å². The third-order valence-electron chi connectivity index (χ3n) is 17.1. The van der Waals surface area contributed by atoms with Gasteiger partial charge in [-0.2, -0.15) is 0 Å². The molecule has 1 saturated heterocycles. The molecule has 2 aliphatic heterocycles. The molecular formula is C77H59N5O. The number of quaternary nitrogens is 1. The second-order valence-corrected chi connectivity index (χ2v) is 21.9. The molecule has 83 heavy (non-hydrogen) atoms. The summed E-state index contributed by atoms with van der Waals surface area (Å²) in [5.74, 6) is 0. The smallest absolute Gasteiger partial charge is 0.151 e. The molecule has 2 aliphatic rings. The van der Waals surface area contributed by atoms with Crippen LogP contribution in [0, 0.1) is 5.21 Å². The molecule has 0 amide bonds. The van der Waals surface area contributed by atoms with Crippen LogP contribution in [0.3, 0.4) is 0 Å². The van der Waals surface area contributed by atoms with Gasteiger partial charge in [0.2, 0.25) is 0 Å². The van der Waals surface area contributed by atoms with Crippen LogP contribution in [0.15, 0.2) is 303 Å². The molecule has 0 spiro atoms. The van der Waals surface area contributed by atoms with Crippen LogP contribution in [0.25, 0.3) is 60.9 Å². The Morgan fingerprint density at radius 2 is 0.771 bits per heavy atom. The van der Waals surface area contributed by atoms with Crippen molar-refractivity contribution >= 4 is 73.0 Å². The van der Waals surface area contributed by atoms with Crippen LogP contribution >= 0.6 is 0 Å². The van der Waals surface area contributed by atoms with Crippen molar-refractivity contribution in [3.63, 3.8) is 0 Å². The summed E-state index contributed by atoms with van der Waals surface area (Å²) in [5.41, 5.74) is 21.2. The van der Waals surface area contributed by atoms with Crippen LogP contribution in [0.1, 0.15) is 42.5 Å². The molecular weight excluding hydrogens is 1010 g/mol. The summed E-state index contributed by atoms with van der Waals surface area (Å²) < 4.78 is 1.75. The Morgan fingerprint density at radius 3 is 1.31 bits per heavy atom. The van der Waals surface area contributed by atoms with Gasteiger partial charge in [-0.25, -0.2) is 0 Å². The molecule has 6 nitrogen and oxygen atoms in total. The van der Waals surface area contributed by atoms with Crippen LogP contribution in [-0.4, -0.2) is 4.57 Å². The Morgan fingerprint density at radius 1 is 0.349 bits per heavy atom. The first-order valence-corrected chi connectivity index (χ1v) is 28.9. The number of para-hydroxylation sites is 6. The van der Waals surface area contributed by atoms with Crippen LogP contribution in [0.5, 0.6) is 0 Å². The molecule has 15 rings (SSSR count). The molecule has 0 saturated carbocycles. The van der Waals surface area contributed by atoms with Gasteiger partial charge in [-0.05, 0) is 168 Å². The first kappa shape index (κ1) is 49.9. The quantitative estimate of drug-likeness (QED) is 0.0978. The Hall–Kier alpha value is -10.1. The van der Waals surface area contributed by atoms with E-state index in [1.807, 2.05) is 48.5 Å². The predicted molar refractivity (Wildman–Crippen MR) is 346 cm³/mol. The van der Waals surface area contributed by atoms with E-state index in [0.717, 1.165) is 92.7 Å². The number of hydrogen-bond donors (Lipinski definition) is 1. The Labute approximate surface area is 484 Å². The maximum Gasteiger partial charge on any atom is 0.151 e. The fourth-order valence-corrected chi connectivity index (χ4v) is 13.1. The van der Waals surface area contributed by atoms with Gasteiger partial charge in [0.25, 0.3) is 0 Å². The van der Waals surface area contributed by atoms with Crippen molar-refractivity contribution in [3.05, 3.63) is 320 Å².